The van der Waals surface area contributed by atoms with E-state index in [2.05, 4.69) is 4.18 Å². The first-order valence-corrected chi connectivity index (χ1v) is 8.40. The highest BCUT2D eigenvalue weighted by Gasteiger charge is 2.50. The molecule has 0 saturated heterocycles. The zero-order valence-corrected chi connectivity index (χ0v) is 13.5. The summed E-state index contributed by atoms with van der Waals surface area (Å²) in [6.45, 7) is 1.52. The van der Waals surface area contributed by atoms with E-state index in [0.717, 1.165) is 5.56 Å². The number of carbonyl (C=O) groups excluding carboxylic acids is 1. The molecule has 0 amide bonds. The number of esters is 1. The summed E-state index contributed by atoms with van der Waals surface area (Å²) < 4.78 is 68.6. The van der Waals surface area contributed by atoms with Gasteiger partial charge in [-0.1, -0.05) is 30.3 Å². The molecule has 1 aliphatic heterocycles. The Balaban J connectivity index is 2.10. The molecule has 0 N–H and O–H groups in total. The molecule has 0 bridgehead atoms. The standard InChI is InChI=1S/C15H15F3O5S/c1-14(8-7-11-5-3-2-4-6-11)10-12(9-13(19)22-14)23-24(20,21)15(16,17)18/h2-6,9H,7-8,10H2,1H3/t14-/m0/s1. The van der Waals surface area contributed by atoms with Crippen LogP contribution in [0.3, 0.4) is 0 Å². The van der Waals surface area contributed by atoms with Crippen LogP contribution >= 0.6 is 0 Å². The molecule has 1 aromatic rings. The monoisotopic (exact) mass is 364 g/mol. The Labute approximate surface area is 137 Å². The van der Waals surface area contributed by atoms with Gasteiger partial charge < -0.3 is 8.92 Å². The van der Waals surface area contributed by atoms with Gasteiger partial charge in [0.2, 0.25) is 0 Å². The molecule has 0 radical (unpaired) electrons. The normalized spacial score (nSPS) is 21.8. The highest BCUT2D eigenvalue weighted by atomic mass is 32.2. The summed E-state index contributed by atoms with van der Waals surface area (Å²) in [4.78, 5) is 11.6. The molecule has 0 saturated carbocycles. The fourth-order valence-corrected chi connectivity index (χ4v) is 2.78. The Kier molecular flexibility index (Phi) is 4.93. The maximum Gasteiger partial charge on any atom is 0.534 e. The van der Waals surface area contributed by atoms with E-state index in [1.807, 2.05) is 30.3 Å². The van der Waals surface area contributed by atoms with Gasteiger partial charge >= 0.3 is 21.6 Å². The second kappa shape index (κ2) is 6.46. The van der Waals surface area contributed by atoms with E-state index in [4.69, 9.17) is 4.74 Å². The number of carbonyl (C=O) groups is 1. The van der Waals surface area contributed by atoms with Gasteiger partial charge in [-0.15, -0.1) is 0 Å². The second-order valence-corrected chi connectivity index (χ2v) is 7.17. The maximum absolute atomic E-state index is 12.4. The van der Waals surface area contributed by atoms with E-state index in [1.54, 1.807) is 0 Å². The van der Waals surface area contributed by atoms with Crippen LogP contribution in [0.4, 0.5) is 13.2 Å². The minimum absolute atomic E-state index is 0.263. The molecule has 0 fully saturated rings. The van der Waals surface area contributed by atoms with Crippen molar-refractivity contribution in [3.63, 3.8) is 0 Å². The van der Waals surface area contributed by atoms with E-state index in [9.17, 15) is 26.4 Å². The number of benzene rings is 1. The highest BCUT2D eigenvalue weighted by molar-refractivity contribution is 7.87. The summed E-state index contributed by atoms with van der Waals surface area (Å²) in [5.41, 5.74) is -5.76. The van der Waals surface area contributed by atoms with Crippen LogP contribution in [0.15, 0.2) is 42.2 Å². The van der Waals surface area contributed by atoms with Crippen LogP contribution < -0.4 is 0 Å². The summed E-state index contributed by atoms with van der Waals surface area (Å²) in [5.74, 6) is -1.52. The summed E-state index contributed by atoms with van der Waals surface area (Å²) >= 11 is 0. The van der Waals surface area contributed by atoms with Crippen molar-refractivity contribution in [2.24, 2.45) is 0 Å². The Morgan fingerprint density at radius 2 is 1.88 bits per heavy atom. The lowest BCUT2D eigenvalue weighted by molar-refractivity contribution is -0.155. The van der Waals surface area contributed by atoms with Crippen molar-refractivity contribution >= 4 is 16.1 Å². The first-order chi connectivity index (χ1) is 11.0. The van der Waals surface area contributed by atoms with Gasteiger partial charge in [0.15, 0.2) is 0 Å². The van der Waals surface area contributed by atoms with Gasteiger partial charge in [-0.05, 0) is 25.3 Å². The van der Waals surface area contributed by atoms with Gasteiger partial charge in [0.05, 0.1) is 6.08 Å². The molecule has 9 heteroatoms. The average molecular weight is 364 g/mol. The van der Waals surface area contributed by atoms with Gasteiger partial charge in [-0.3, -0.25) is 0 Å². The van der Waals surface area contributed by atoms with E-state index >= 15 is 0 Å². The fraction of sp³-hybridized carbons (Fsp3) is 0.400. The maximum atomic E-state index is 12.4. The number of aryl methyl sites for hydroxylation is 1. The van der Waals surface area contributed by atoms with Crippen LogP contribution in [0, 0.1) is 0 Å². The van der Waals surface area contributed by atoms with E-state index < -0.39 is 33.0 Å². The molecule has 1 aliphatic rings. The molecule has 2 rings (SSSR count). The predicted molar refractivity (Wildman–Crippen MR) is 78.0 cm³/mol. The molecule has 1 atom stereocenters. The van der Waals surface area contributed by atoms with Crippen molar-refractivity contribution in [2.75, 3.05) is 0 Å². The molecule has 0 aromatic heterocycles. The number of rotatable bonds is 5. The number of hydrogen-bond donors (Lipinski definition) is 0. The molecule has 1 aromatic carbocycles. The Hall–Kier alpha value is -2.03. The molecule has 1 heterocycles. The quantitative estimate of drug-likeness (QED) is 0.456. The van der Waals surface area contributed by atoms with Crippen molar-refractivity contribution < 1.29 is 35.3 Å². The minimum Gasteiger partial charge on any atom is -0.456 e. The van der Waals surface area contributed by atoms with E-state index in [0.29, 0.717) is 18.9 Å². The first-order valence-electron chi connectivity index (χ1n) is 6.99. The molecule has 0 spiro atoms. The SMILES string of the molecule is C[C@]1(CCc2ccccc2)CC(OS(=O)(=O)C(F)(F)F)=CC(=O)O1. The summed E-state index contributed by atoms with van der Waals surface area (Å²) in [6, 6.07) is 9.21. The van der Waals surface area contributed by atoms with Gasteiger partial charge in [-0.25, -0.2) is 4.79 Å². The Morgan fingerprint density at radius 3 is 2.46 bits per heavy atom. The van der Waals surface area contributed by atoms with Gasteiger partial charge in [-0.2, -0.15) is 21.6 Å². The molecular weight excluding hydrogens is 349 g/mol. The van der Waals surface area contributed by atoms with Crippen LogP contribution in [0.1, 0.15) is 25.3 Å². The van der Waals surface area contributed by atoms with Crippen molar-refractivity contribution in [2.45, 2.75) is 37.3 Å². The molecule has 0 aliphatic carbocycles. The van der Waals surface area contributed by atoms with E-state index in [-0.39, 0.29) is 6.42 Å². The predicted octanol–water partition coefficient (Wildman–Crippen LogP) is 3.07. The smallest absolute Gasteiger partial charge is 0.456 e. The Morgan fingerprint density at radius 1 is 1.25 bits per heavy atom. The molecule has 132 valence electrons. The molecule has 0 unspecified atom stereocenters. The lowest BCUT2D eigenvalue weighted by Gasteiger charge is -2.33. The zero-order valence-electron chi connectivity index (χ0n) is 12.7. The summed E-state index contributed by atoms with van der Waals surface area (Å²) in [5, 5.41) is 0. The topological polar surface area (TPSA) is 69.7 Å². The van der Waals surface area contributed by atoms with Gasteiger partial charge in [0.1, 0.15) is 11.4 Å². The third-order valence-electron chi connectivity index (χ3n) is 3.46. The van der Waals surface area contributed by atoms with Crippen molar-refractivity contribution in [1.29, 1.82) is 0 Å². The number of halogens is 3. The summed E-state index contributed by atoms with van der Waals surface area (Å²) in [6.07, 6.45) is 1.16. The molecular formula is C15H15F3O5S. The lowest BCUT2D eigenvalue weighted by atomic mass is 9.91. The highest BCUT2D eigenvalue weighted by Crippen LogP contribution is 2.34. The van der Waals surface area contributed by atoms with Crippen LogP contribution in [-0.2, 0) is 30.3 Å². The fourth-order valence-electron chi connectivity index (χ4n) is 2.29. The second-order valence-electron chi connectivity index (χ2n) is 5.63. The van der Waals surface area contributed by atoms with Crippen molar-refractivity contribution in [1.82, 2.24) is 0 Å². The average Bonchev–Trinajstić information content (AvgIpc) is 2.43. The van der Waals surface area contributed by atoms with Crippen molar-refractivity contribution in [3.05, 3.63) is 47.7 Å². The molecule has 5 nitrogen and oxygen atoms in total. The number of alkyl halides is 3. The van der Waals surface area contributed by atoms with E-state index in [1.165, 1.54) is 6.92 Å². The largest absolute Gasteiger partial charge is 0.534 e. The lowest BCUT2D eigenvalue weighted by Crippen LogP contribution is -2.37. The minimum atomic E-state index is -5.81. The van der Waals surface area contributed by atoms with Crippen LogP contribution in [-0.4, -0.2) is 25.5 Å². The van der Waals surface area contributed by atoms with Crippen LogP contribution in [0.25, 0.3) is 0 Å². The number of cyclic esters (lactones) is 1. The van der Waals surface area contributed by atoms with Crippen molar-refractivity contribution in [3.8, 4) is 0 Å². The third-order valence-corrected chi connectivity index (χ3v) is 4.46. The van der Waals surface area contributed by atoms with Gasteiger partial charge in [0, 0.05) is 6.42 Å². The number of hydrogen-bond acceptors (Lipinski definition) is 5. The number of ether oxygens (including phenoxy) is 1. The van der Waals surface area contributed by atoms with Gasteiger partial charge in [0.25, 0.3) is 0 Å². The summed E-state index contributed by atoms with van der Waals surface area (Å²) in [7, 11) is -5.81. The molecule has 24 heavy (non-hydrogen) atoms. The first kappa shape index (κ1) is 18.3. The van der Waals surface area contributed by atoms with Crippen LogP contribution in [0.5, 0.6) is 0 Å². The Bertz CT molecular complexity index is 740. The van der Waals surface area contributed by atoms with Crippen LogP contribution in [0.2, 0.25) is 0 Å². The zero-order chi connectivity index (χ0) is 18.0. The third kappa shape index (κ3) is 4.50.